The number of hydrogen-bond donors (Lipinski definition) is 0. The Morgan fingerprint density at radius 1 is 1.16 bits per heavy atom. The van der Waals surface area contributed by atoms with E-state index < -0.39 is 0 Å². The van der Waals surface area contributed by atoms with E-state index in [0.29, 0.717) is 5.56 Å². The van der Waals surface area contributed by atoms with Crippen LogP contribution in [0.1, 0.15) is 21.3 Å². The zero-order chi connectivity index (χ0) is 13.1. The summed E-state index contributed by atoms with van der Waals surface area (Å²) in [6.07, 6.45) is 3.32. The van der Waals surface area contributed by atoms with Crippen molar-refractivity contribution in [3.63, 3.8) is 0 Å². The summed E-state index contributed by atoms with van der Waals surface area (Å²) in [4.78, 5) is 18.4. The molecule has 1 aliphatic heterocycles. The molecule has 1 saturated heterocycles. The zero-order valence-electron chi connectivity index (χ0n) is 10.4. The zero-order valence-corrected chi connectivity index (χ0v) is 11.2. The second-order valence-electron chi connectivity index (χ2n) is 4.37. The quantitative estimate of drug-likeness (QED) is 0.841. The van der Waals surface area contributed by atoms with Gasteiger partial charge in [-0.1, -0.05) is 30.3 Å². The van der Waals surface area contributed by atoms with Gasteiger partial charge < -0.3 is 4.90 Å². The van der Waals surface area contributed by atoms with Crippen LogP contribution in [0.15, 0.2) is 54.9 Å². The minimum absolute atomic E-state index is 0.0845. The van der Waals surface area contributed by atoms with Crippen molar-refractivity contribution in [3.8, 4) is 0 Å². The van der Waals surface area contributed by atoms with Crippen LogP contribution in [0.25, 0.3) is 0 Å². The van der Waals surface area contributed by atoms with Gasteiger partial charge in [-0.3, -0.25) is 9.78 Å². The summed E-state index contributed by atoms with van der Waals surface area (Å²) in [7, 11) is 0. The molecule has 0 N–H and O–H groups in total. The van der Waals surface area contributed by atoms with E-state index in [1.165, 1.54) is 5.56 Å². The molecule has 4 heteroatoms. The van der Waals surface area contributed by atoms with E-state index in [0.717, 1.165) is 12.3 Å². The normalized spacial score (nSPS) is 18.5. The van der Waals surface area contributed by atoms with E-state index in [-0.39, 0.29) is 11.3 Å². The highest BCUT2D eigenvalue weighted by atomic mass is 32.2. The summed E-state index contributed by atoms with van der Waals surface area (Å²) in [5.74, 6) is 1.07. The molecule has 19 heavy (non-hydrogen) atoms. The van der Waals surface area contributed by atoms with Crippen LogP contribution in [0, 0.1) is 0 Å². The lowest BCUT2D eigenvalue weighted by Gasteiger charge is -2.24. The van der Waals surface area contributed by atoms with Crippen molar-refractivity contribution in [2.75, 3.05) is 12.3 Å². The molecule has 0 aliphatic carbocycles. The molecule has 0 bridgehead atoms. The van der Waals surface area contributed by atoms with Crippen LogP contribution in [0.4, 0.5) is 0 Å². The Balaban J connectivity index is 1.86. The van der Waals surface area contributed by atoms with E-state index in [9.17, 15) is 4.79 Å². The van der Waals surface area contributed by atoms with Crippen LogP contribution in [0.5, 0.6) is 0 Å². The summed E-state index contributed by atoms with van der Waals surface area (Å²) in [5.41, 5.74) is 1.89. The Bertz CT molecular complexity index is 559. The number of carbonyl (C=O) groups excluding carboxylic acids is 1. The van der Waals surface area contributed by atoms with Crippen molar-refractivity contribution in [1.29, 1.82) is 0 Å². The summed E-state index contributed by atoms with van der Waals surface area (Å²) in [6.45, 7) is 0.797. The molecule has 0 radical (unpaired) electrons. The molecule has 0 spiro atoms. The topological polar surface area (TPSA) is 33.2 Å². The van der Waals surface area contributed by atoms with Gasteiger partial charge in [0, 0.05) is 30.3 Å². The lowest BCUT2D eigenvalue weighted by molar-refractivity contribution is 0.0760. The van der Waals surface area contributed by atoms with Gasteiger partial charge in [0.05, 0.1) is 0 Å². The van der Waals surface area contributed by atoms with Crippen LogP contribution in [-0.2, 0) is 0 Å². The lowest BCUT2D eigenvalue weighted by Crippen LogP contribution is -2.30. The second-order valence-corrected chi connectivity index (χ2v) is 5.56. The molecule has 96 valence electrons. The van der Waals surface area contributed by atoms with Crippen LogP contribution in [0.3, 0.4) is 0 Å². The number of amides is 1. The molecule has 1 fully saturated rings. The second kappa shape index (κ2) is 5.45. The average molecular weight is 270 g/mol. The van der Waals surface area contributed by atoms with E-state index in [1.54, 1.807) is 24.5 Å². The lowest BCUT2D eigenvalue weighted by atomic mass is 10.2. The average Bonchev–Trinajstić information content (AvgIpc) is 2.98. The smallest absolute Gasteiger partial charge is 0.255 e. The van der Waals surface area contributed by atoms with Gasteiger partial charge in [-0.05, 0) is 17.7 Å². The van der Waals surface area contributed by atoms with Gasteiger partial charge in [-0.25, -0.2) is 0 Å². The third kappa shape index (κ3) is 2.49. The molecule has 1 atom stereocenters. The minimum atomic E-state index is 0.0845. The van der Waals surface area contributed by atoms with Crippen LogP contribution >= 0.6 is 11.8 Å². The van der Waals surface area contributed by atoms with Crippen molar-refractivity contribution < 1.29 is 4.79 Å². The first kappa shape index (κ1) is 12.2. The van der Waals surface area contributed by atoms with Crippen molar-refractivity contribution >= 4 is 17.7 Å². The minimum Gasteiger partial charge on any atom is -0.322 e. The molecule has 3 rings (SSSR count). The molecule has 2 aromatic rings. The Morgan fingerprint density at radius 2 is 1.89 bits per heavy atom. The number of aromatic nitrogens is 1. The maximum absolute atomic E-state index is 12.5. The fourth-order valence-electron chi connectivity index (χ4n) is 2.23. The number of rotatable bonds is 2. The number of hydrogen-bond acceptors (Lipinski definition) is 3. The summed E-state index contributed by atoms with van der Waals surface area (Å²) in [5, 5.41) is 0.127. The van der Waals surface area contributed by atoms with Crippen LogP contribution in [-0.4, -0.2) is 28.1 Å². The molecule has 3 nitrogen and oxygen atoms in total. The fourth-order valence-corrected chi connectivity index (χ4v) is 3.49. The summed E-state index contributed by atoms with van der Waals surface area (Å²) in [6, 6.07) is 13.7. The van der Waals surface area contributed by atoms with Crippen LogP contribution < -0.4 is 0 Å². The predicted molar refractivity (Wildman–Crippen MR) is 76.9 cm³/mol. The summed E-state index contributed by atoms with van der Waals surface area (Å²) >= 11 is 1.82. The molecule has 0 unspecified atom stereocenters. The van der Waals surface area contributed by atoms with Gasteiger partial charge in [0.15, 0.2) is 0 Å². The fraction of sp³-hybridized carbons (Fsp3) is 0.200. The highest BCUT2D eigenvalue weighted by Crippen LogP contribution is 2.38. The Morgan fingerprint density at radius 3 is 2.63 bits per heavy atom. The van der Waals surface area contributed by atoms with Gasteiger partial charge in [0.25, 0.3) is 5.91 Å². The molecule has 1 amide bonds. The largest absolute Gasteiger partial charge is 0.322 e. The Hall–Kier alpha value is -1.81. The maximum Gasteiger partial charge on any atom is 0.255 e. The number of pyridine rings is 1. The van der Waals surface area contributed by atoms with Gasteiger partial charge in [-0.15, -0.1) is 11.8 Å². The molecular weight excluding hydrogens is 256 g/mol. The molecule has 1 aromatic carbocycles. The van der Waals surface area contributed by atoms with E-state index >= 15 is 0 Å². The maximum atomic E-state index is 12.5. The van der Waals surface area contributed by atoms with Crippen molar-refractivity contribution in [3.05, 3.63) is 66.0 Å². The van der Waals surface area contributed by atoms with Crippen molar-refractivity contribution in [2.24, 2.45) is 0 Å². The van der Waals surface area contributed by atoms with Gasteiger partial charge in [0.1, 0.15) is 5.37 Å². The third-order valence-corrected chi connectivity index (χ3v) is 4.42. The first-order chi connectivity index (χ1) is 9.36. The molecule has 0 saturated carbocycles. The molecular formula is C15H14N2OS. The highest BCUT2D eigenvalue weighted by Gasteiger charge is 2.30. The molecule has 2 heterocycles. The Kier molecular flexibility index (Phi) is 3.51. The third-order valence-electron chi connectivity index (χ3n) is 3.16. The first-order valence-corrected chi connectivity index (χ1v) is 7.29. The number of thioether (sulfide) groups is 1. The van der Waals surface area contributed by atoms with Crippen molar-refractivity contribution in [1.82, 2.24) is 9.88 Å². The monoisotopic (exact) mass is 270 g/mol. The van der Waals surface area contributed by atoms with Crippen LogP contribution in [0.2, 0.25) is 0 Å². The summed E-state index contributed by atoms with van der Waals surface area (Å²) < 4.78 is 0. The predicted octanol–water partition coefficient (Wildman–Crippen LogP) is 2.97. The Labute approximate surface area is 116 Å². The standard InChI is InChI=1S/C15H14N2OS/c18-14(12-6-8-16-9-7-12)17-10-11-19-15(17)13-4-2-1-3-5-13/h1-9,15H,10-11H2/t15-/m0/s1. The van der Waals surface area contributed by atoms with Crippen molar-refractivity contribution in [2.45, 2.75) is 5.37 Å². The highest BCUT2D eigenvalue weighted by molar-refractivity contribution is 7.99. The van der Waals surface area contributed by atoms with E-state index in [4.69, 9.17) is 0 Å². The SMILES string of the molecule is O=C(c1ccncc1)N1CCS[C@H]1c1ccccc1. The van der Waals surface area contributed by atoms with Gasteiger partial charge in [0.2, 0.25) is 0 Å². The number of nitrogens with zero attached hydrogens (tertiary/aromatic N) is 2. The first-order valence-electron chi connectivity index (χ1n) is 6.24. The van der Waals surface area contributed by atoms with Gasteiger partial charge in [-0.2, -0.15) is 0 Å². The molecule has 1 aromatic heterocycles. The van der Waals surface area contributed by atoms with Gasteiger partial charge >= 0.3 is 0 Å². The van der Waals surface area contributed by atoms with E-state index in [1.807, 2.05) is 34.9 Å². The number of benzene rings is 1. The molecule has 1 aliphatic rings. The number of carbonyl (C=O) groups is 1. The van der Waals surface area contributed by atoms with E-state index in [2.05, 4.69) is 17.1 Å².